The van der Waals surface area contributed by atoms with Crippen LogP contribution in [0.3, 0.4) is 0 Å². The zero-order chi connectivity index (χ0) is 13.3. The largest absolute Gasteiger partial charge is 0.381 e. The van der Waals surface area contributed by atoms with Crippen LogP contribution in [-0.4, -0.2) is 18.2 Å². The van der Waals surface area contributed by atoms with Crippen molar-refractivity contribution in [1.29, 1.82) is 0 Å². The van der Waals surface area contributed by atoms with Crippen molar-refractivity contribution in [1.82, 2.24) is 0 Å². The summed E-state index contributed by atoms with van der Waals surface area (Å²) in [5.74, 6) is 0. The van der Waals surface area contributed by atoms with Gasteiger partial charge in [0.05, 0.1) is 5.60 Å². The van der Waals surface area contributed by atoms with Gasteiger partial charge in [0.25, 0.3) is 0 Å². The maximum atomic E-state index is 6.09. The first-order valence-corrected chi connectivity index (χ1v) is 8.61. The minimum Gasteiger partial charge on any atom is -0.381 e. The highest BCUT2D eigenvalue weighted by Gasteiger charge is 2.39. The maximum Gasteiger partial charge on any atom is 0.0702 e. The second-order valence-electron chi connectivity index (χ2n) is 5.70. The van der Waals surface area contributed by atoms with Crippen molar-refractivity contribution in [3.05, 3.63) is 27.1 Å². The Bertz CT molecular complexity index is 457. The second-order valence-corrected chi connectivity index (χ2v) is 7.47. The first kappa shape index (κ1) is 13.9. The molecule has 19 heavy (non-hydrogen) atoms. The third-order valence-corrected chi connectivity index (χ3v) is 5.48. The third-order valence-electron chi connectivity index (χ3n) is 4.30. The van der Waals surface area contributed by atoms with Gasteiger partial charge in [-0.05, 0) is 59.8 Å². The summed E-state index contributed by atoms with van der Waals surface area (Å²) in [5.41, 5.74) is 1.35. The maximum absolute atomic E-state index is 6.09. The molecule has 1 N–H and O–H groups in total. The van der Waals surface area contributed by atoms with Crippen LogP contribution in [0.15, 0.2) is 27.1 Å². The summed E-state index contributed by atoms with van der Waals surface area (Å²) in [5, 5.41) is 3.68. The van der Waals surface area contributed by atoms with Crippen LogP contribution < -0.4 is 5.32 Å². The fourth-order valence-electron chi connectivity index (χ4n) is 3.35. The Labute approximate surface area is 131 Å². The molecule has 0 radical (unpaired) electrons. The Morgan fingerprint density at radius 3 is 2.79 bits per heavy atom. The SMILES string of the molecule is Brc1ccc(Br)c(NC2CCOC3(CCCC3)C2)c1. The van der Waals surface area contributed by atoms with Gasteiger partial charge < -0.3 is 10.1 Å². The lowest BCUT2D eigenvalue weighted by atomic mass is 9.89. The average Bonchev–Trinajstić information content (AvgIpc) is 2.82. The molecule has 2 fully saturated rings. The van der Waals surface area contributed by atoms with Crippen LogP contribution in [0.4, 0.5) is 5.69 Å². The zero-order valence-corrected chi connectivity index (χ0v) is 14.1. The number of hydrogen-bond donors (Lipinski definition) is 1. The van der Waals surface area contributed by atoms with Crippen LogP contribution in [0.2, 0.25) is 0 Å². The van der Waals surface area contributed by atoms with E-state index in [4.69, 9.17) is 4.74 Å². The molecule has 1 aliphatic carbocycles. The van der Waals surface area contributed by atoms with E-state index in [1.807, 2.05) is 0 Å². The fourth-order valence-corrected chi connectivity index (χ4v) is 4.07. The highest BCUT2D eigenvalue weighted by molar-refractivity contribution is 9.11. The molecule has 0 amide bonds. The van der Waals surface area contributed by atoms with E-state index in [2.05, 4.69) is 55.4 Å². The molecule has 0 aromatic heterocycles. The summed E-state index contributed by atoms with van der Waals surface area (Å²) in [6.07, 6.45) is 7.38. The Balaban J connectivity index is 1.70. The van der Waals surface area contributed by atoms with Crippen LogP contribution in [0.1, 0.15) is 38.5 Å². The van der Waals surface area contributed by atoms with E-state index >= 15 is 0 Å². The van der Waals surface area contributed by atoms with E-state index in [1.165, 1.54) is 31.4 Å². The summed E-state index contributed by atoms with van der Waals surface area (Å²) in [6, 6.07) is 6.80. The smallest absolute Gasteiger partial charge is 0.0702 e. The van der Waals surface area contributed by atoms with Gasteiger partial charge in [-0.15, -0.1) is 0 Å². The molecular formula is C15H19Br2NO. The third kappa shape index (κ3) is 3.17. The first-order chi connectivity index (χ1) is 9.17. The topological polar surface area (TPSA) is 21.3 Å². The van der Waals surface area contributed by atoms with Gasteiger partial charge >= 0.3 is 0 Å². The van der Waals surface area contributed by atoms with E-state index in [0.29, 0.717) is 6.04 Å². The van der Waals surface area contributed by atoms with Crippen molar-refractivity contribution in [3.63, 3.8) is 0 Å². The van der Waals surface area contributed by atoms with Crippen molar-refractivity contribution < 1.29 is 4.74 Å². The molecule has 1 saturated carbocycles. The molecule has 1 spiro atoms. The van der Waals surface area contributed by atoms with E-state index in [0.717, 1.165) is 28.4 Å². The van der Waals surface area contributed by atoms with Crippen molar-refractivity contribution in [2.75, 3.05) is 11.9 Å². The van der Waals surface area contributed by atoms with Gasteiger partial charge in [-0.1, -0.05) is 28.8 Å². The van der Waals surface area contributed by atoms with E-state index < -0.39 is 0 Å². The molecule has 2 aliphatic rings. The number of rotatable bonds is 2. The van der Waals surface area contributed by atoms with Crippen molar-refractivity contribution >= 4 is 37.5 Å². The van der Waals surface area contributed by atoms with Crippen LogP contribution in [0.5, 0.6) is 0 Å². The van der Waals surface area contributed by atoms with Crippen molar-refractivity contribution in [3.8, 4) is 0 Å². The van der Waals surface area contributed by atoms with Crippen LogP contribution in [0, 0.1) is 0 Å². The normalized spacial score (nSPS) is 25.7. The number of anilines is 1. The van der Waals surface area contributed by atoms with Gasteiger partial charge in [0, 0.05) is 27.3 Å². The minimum absolute atomic E-state index is 0.175. The van der Waals surface area contributed by atoms with Crippen LogP contribution in [-0.2, 0) is 4.74 Å². The summed E-state index contributed by atoms with van der Waals surface area (Å²) in [7, 11) is 0. The zero-order valence-electron chi connectivity index (χ0n) is 10.9. The number of nitrogens with one attached hydrogen (secondary N) is 1. The van der Waals surface area contributed by atoms with Gasteiger partial charge in [-0.2, -0.15) is 0 Å². The van der Waals surface area contributed by atoms with Gasteiger partial charge in [-0.3, -0.25) is 0 Å². The highest BCUT2D eigenvalue weighted by Crippen LogP contribution is 2.41. The van der Waals surface area contributed by atoms with Gasteiger partial charge in [0.1, 0.15) is 0 Å². The lowest BCUT2D eigenvalue weighted by Crippen LogP contribution is -2.42. The number of benzene rings is 1. The van der Waals surface area contributed by atoms with Gasteiger partial charge in [0.2, 0.25) is 0 Å². The molecule has 2 nitrogen and oxygen atoms in total. The molecule has 1 aromatic carbocycles. The van der Waals surface area contributed by atoms with E-state index in [9.17, 15) is 0 Å². The molecule has 1 heterocycles. The number of halogens is 2. The predicted octanol–water partition coefficient (Wildman–Crippen LogP) is 5.12. The lowest BCUT2D eigenvalue weighted by Gasteiger charge is -2.39. The molecule has 1 aromatic rings. The minimum atomic E-state index is 0.175. The van der Waals surface area contributed by atoms with Gasteiger partial charge in [-0.25, -0.2) is 0 Å². The number of hydrogen-bond acceptors (Lipinski definition) is 2. The number of ether oxygens (including phenoxy) is 1. The lowest BCUT2D eigenvalue weighted by molar-refractivity contribution is -0.0767. The molecule has 0 bridgehead atoms. The predicted molar refractivity (Wildman–Crippen MR) is 85.6 cm³/mol. The molecule has 1 unspecified atom stereocenters. The monoisotopic (exact) mass is 387 g/mol. The first-order valence-electron chi connectivity index (χ1n) is 7.02. The molecule has 3 rings (SSSR count). The summed E-state index contributed by atoms with van der Waals surface area (Å²) >= 11 is 7.15. The Kier molecular flexibility index (Phi) is 4.20. The highest BCUT2D eigenvalue weighted by atomic mass is 79.9. The summed E-state index contributed by atoms with van der Waals surface area (Å²) < 4.78 is 8.33. The molecule has 1 saturated heterocycles. The quantitative estimate of drug-likeness (QED) is 0.759. The standard InChI is InChI=1S/C15H19Br2NO/c16-11-3-4-13(17)14(9-11)18-12-5-8-19-15(10-12)6-1-2-7-15/h3-4,9,12,18H,1-2,5-8,10H2. The molecule has 1 aliphatic heterocycles. The van der Waals surface area contributed by atoms with Crippen LogP contribution in [0.25, 0.3) is 0 Å². The molecule has 1 atom stereocenters. The Hall–Kier alpha value is -0.0600. The molecule has 104 valence electrons. The van der Waals surface area contributed by atoms with Gasteiger partial charge in [0.15, 0.2) is 0 Å². The fraction of sp³-hybridized carbons (Fsp3) is 0.600. The van der Waals surface area contributed by atoms with Crippen LogP contribution >= 0.6 is 31.9 Å². The van der Waals surface area contributed by atoms with Crippen molar-refractivity contribution in [2.45, 2.75) is 50.2 Å². The summed E-state index contributed by atoms with van der Waals surface area (Å²) in [4.78, 5) is 0. The Morgan fingerprint density at radius 2 is 2.00 bits per heavy atom. The van der Waals surface area contributed by atoms with E-state index in [1.54, 1.807) is 0 Å². The average molecular weight is 389 g/mol. The second kappa shape index (κ2) is 5.74. The molecular weight excluding hydrogens is 370 g/mol. The van der Waals surface area contributed by atoms with Crippen molar-refractivity contribution in [2.24, 2.45) is 0 Å². The Morgan fingerprint density at radius 1 is 1.21 bits per heavy atom. The molecule has 4 heteroatoms. The van der Waals surface area contributed by atoms with E-state index in [-0.39, 0.29) is 5.60 Å². The summed E-state index contributed by atoms with van der Waals surface area (Å²) in [6.45, 7) is 0.892.